The molecule has 1 aliphatic rings. The van der Waals surface area contributed by atoms with Crippen LogP contribution in [0.3, 0.4) is 0 Å². The molecule has 8 nitrogen and oxygen atoms in total. The predicted octanol–water partition coefficient (Wildman–Crippen LogP) is 0.553. The zero-order valence-electron chi connectivity index (χ0n) is 16.4. The first-order chi connectivity index (χ1) is 13.4. The minimum Gasteiger partial charge on any atom is -0.374 e. The molecule has 1 aromatic carbocycles. The van der Waals surface area contributed by atoms with Crippen molar-refractivity contribution in [1.82, 2.24) is 20.0 Å². The molecule has 1 atom stereocenters. The second-order valence-corrected chi connectivity index (χ2v) is 7.64. The highest BCUT2D eigenvalue weighted by Crippen LogP contribution is 2.07. The van der Waals surface area contributed by atoms with Gasteiger partial charge in [-0.1, -0.05) is 26.0 Å². The summed E-state index contributed by atoms with van der Waals surface area (Å²) in [6.07, 6.45) is 0.0796. The van der Waals surface area contributed by atoms with Crippen LogP contribution in [0.4, 0.5) is 0 Å². The number of carbonyl (C=O) groups is 1. The van der Waals surface area contributed by atoms with E-state index in [0.717, 1.165) is 19.6 Å². The molecule has 2 aromatic rings. The Bertz CT molecular complexity index is 934. The molecule has 3 rings (SSSR count). The zero-order valence-corrected chi connectivity index (χ0v) is 16.4. The molecule has 8 heteroatoms. The molecule has 1 fully saturated rings. The van der Waals surface area contributed by atoms with Gasteiger partial charge in [-0.05, 0) is 18.1 Å². The summed E-state index contributed by atoms with van der Waals surface area (Å²) in [5.74, 6) is 0.418. The lowest BCUT2D eigenvalue weighted by atomic mass is 10.2. The number of hydrogen-bond donors (Lipinski definition) is 2. The van der Waals surface area contributed by atoms with Gasteiger partial charge in [0.1, 0.15) is 0 Å². The van der Waals surface area contributed by atoms with Gasteiger partial charge in [0, 0.05) is 32.6 Å². The molecular formula is C20H28N4O4. The van der Waals surface area contributed by atoms with Gasteiger partial charge >= 0.3 is 0 Å². The van der Waals surface area contributed by atoms with Crippen LogP contribution in [0.15, 0.2) is 33.9 Å². The Morgan fingerprint density at radius 2 is 2.04 bits per heavy atom. The van der Waals surface area contributed by atoms with E-state index in [9.17, 15) is 14.4 Å². The van der Waals surface area contributed by atoms with Gasteiger partial charge < -0.3 is 10.1 Å². The number of aryl methyl sites for hydroxylation is 1. The number of H-pyrrole nitrogens is 1. The Morgan fingerprint density at radius 1 is 1.29 bits per heavy atom. The van der Waals surface area contributed by atoms with E-state index in [1.165, 1.54) is 4.68 Å². The van der Waals surface area contributed by atoms with Crippen LogP contribution in [0.5, 0.6) is 0 Å². The van der Waals surface area contributed by atoms with Crippen molar-refractivity contribution in [3.63, 3.8) is 0 Å². The van der Waals surface area contributed by atoms with Crippen LogP contribution in [-0.4, -0.2) is 59.5 Å². The average molecular weight is 388 g/mol. The highest BCUT2D eigenvalue weighted by atomic mass is 16.5. The molecule has 1 amide bonds. The van der Waals surface area contributed by atoms with Gasteiger partial charge in [0.25, 0.3) is 11.1 Å². The molecule has 0 radical (unpaired) electrons. The first kappa shape index (κ1) is 20.3. The van der Waals surface area contributed by atoms with E-state index < -0.39 is 0 Å². The van der Waals surface area contributed by atoms with Crippen molar-refractivity contribution in [2.45, 2.75) is 32.9 Å². The summed E-state index contributed by atoms with van der Waals surface area (Å²) in [6.45, 7) is 8.34. The summed E-state index contributed by atoms with van der Waals surface area (Å²) in [4.78, 5) is 39.1. The maximum absolute atomic E-state index is 12.5. The number of nitrogens with zero attached hydrogens (tertiary/aromatic N) is 2. The lowest BCUT2D eigenvalue weighted by Crippen LogP contribution is -2.48. The second kappa shape index (κ2) is 9.16. The van der Waals surface area contributed by atoms with Crippen molar-refractivity contribution in [2.24, 2.45) is 5.92 Å². The molecule has 1 aromatic heterocycles. The van der Waals surface area contributed by atoms with E-state index in [-0.39, 0.29) is 36.1 Å². The van der Waals surface area contributed by atoms with E-state index in [0.29, 0.717) is 29.8 Å². The van der Waals surface area contributed by atoms with Gasteiger partial charge in [-0.2, -0.15) is 0 Å². The molecular weight excluding hydrogens is 360 g/mol. The van der Waals surface area contributed by atoms with E-state index in [4.69, 9.17) is 4.74 Å². The SMILES string of the molecule is CC(C)CN1CCOC(CNC(=O)CCn2[nH]c(=O)c3ccccc3c2=O)C1. The summed E-state index contributed by atoms with van der Waals surface area (Å²) < 4.78 is 6.93. The van der Waals surface area contributed by atoms with Gasteiger partial charge in [0.15, 0.2) is 0 Å². The number of hydrogen-bond acceptors (Lipinski definition) is 5. The van der Waals surface area contributed by atoms with Crippen molar-refractivity contribution >= 4 is 16.7 Å². The Balaban J connectivity index is 1.52. The average Bonchev–Trinajstić information content (AvgIpc) is 2.68. The van der Waals surface area contributed by atoms with Gasteiger partial charge in [0.2, 0.25) is 5.91 Å². The maximum Gasteiger partial charge on any atom is 0.273 e. The van der Waals surface area contributed by atoms with Crippen LogP contribution < -0.4 is 16.4 Å². The smallest absolute Gasteiger partial charge is 0.273 e. The molecule has 1 unspecified atom stereocenters. The van der Waals surface area contributed by atoms with Gasteiger partial charge in [-0.15, -0.1) is 0 Å². The number of fused-ring (bicyclic) bond motifs is 1. The number of aromatic amines is 1. The van der Waals surface area contributed by atoms with Gasteiger partial charge in [0.05, 0.1) is 30.0 Å². The number of nitrogens with one attached hydrogen (secondary N) is 2. The van der Waals surface area contributed by atoms with Crippen LogP contribution in [-0.2, 0) is 16.1 Å². The fourth-order valence-electron chi connectivity index (χ4n) is 3.52. The standard InChI is InChI=1S/C20H28N4O4/c1-14(2)12-23-9-10-28-15(13-23)11-21-18(25)7-8-24-20(27)17-6-4-3-5-16(17)19(26)22-24/h3-6,14-15H,7-13H2,1-2H3,(H,21,25)(H,22,26). The highest BCUT2D eigenvalue weighted by Gasteiger charge is 2.21. The first-order valence-corrected chi connectivity index (χ1v) is 9.76. The molecule has 152 valence electrons. The summed E-state index contributed by atoms with van der Waals surface area (Å²) in [5, 5.41) is 6.12. The summed E-state index contributed by atoms with van der Waals surface area (Å²) in [6, 6.07) is 6.66. The summed E-state index contributed by atoms with van der Waals surface area (Å²) >= 11 is 0. The fraction of sp³-hybridized carbons (Fsp3) is 0.550. The highest BCUT2D eigenvalue weighted by molar-refractivity contribution is 5.80. The molecule has 2 N–H and O–H groups in total. The minimum atomic E-state index is -0.337. The minimum absolute atomic E-state index is 0.0281. The van der Waals surface area contributed by atoms with Crippen LogP contribution >= 0.6 is 0 Å². The lowest BCUT2D eigenvalue weighted by molar-refractivity contribution is -0.122. The number of aromatic nitrogens is 2. The molecule has 2 heterocycles. The predicted molar refractivity (Wildman–Crippen MR) is 107 cm³/mol. The summed E-state index contributed by atoms with van der Waals surface area (Å²) in [7, 11) is 0. The lowest BCUT2D eigenvalue weighted by Gasteiger charge is -2.33. The number of ether oxygens (including phenoxy) is 1. The molecule has 0 saturated carbocycles. The van der Waals surface area contributed by atoms with Crippen LogP contribution in [0.25, 0.3) is 10.8 Å². The molecule has 28 heavy (non-hydrogen) atoms. The number of amides is 1. The van der Waals surface area contributed by atoms with Crippen LogP contribution in [0.1, 0.15) is 20.3 Å². The normalized spacial score (nSPS) is 17.9. The quantitative estimate of drug-likeness (QED) is 0.722. The van der Waals surface area contributed by atoms with Gasteiger partial charge in [-0.3, -0.25) is 24.4 Å². The third-order valence-corrected chi connectivity index (χ3v) is 4.82. The monoisotopic (exact) mass is 388 g/mol. The third-order valence-electron chi connectivity index (χ3n) is 4.82. The Morgan fingerprint density at radius 3 is 2.79 bits per heavy atom. The summed E-state index contributed by atoms with van der Waals surface area (Å²) in [5.41, 5.74) is -0.639. The van der Waals surface area contributed by atoms with E-state index in [1.807, 2.05) is 0 Å². The fourth-order valence-corrected chi connectivity index (χ4v) is 3.52. The zero-order chi connectivity index (χ0) is 20.1. The van der Waals surface area contributed by atoms with Crippen molar-refractivity contribution in [2.75, 3.05) is 32.8 Å². The Kier molecular flexibility index (Phi) is 6.64. The van der Waals surface area contributed by atoms with Crippen molar-refractivity contribution in [3.05, 3.63) is 45.0 Å². The number of carbonyl (C=O) groups excluding carboxylic acids is 1. The molecule has 1 saturated heterocycles. The van der Waals surface area contributed by atoms with Crippen LogP contribution in [0.2, 0.25) is 0 Å². The third kappa shape index (κ3) is 5.08. The van der Waals surface area contributed by atoms with E-state index in [2.05, 4.69) is 29.2 Å². The second-order valence-electron chi connectivity index (χ2n) is 7.64. The first-order valence-electron chi connectivity index (χ1n) is 9.76. The maximum atomic E-state index is 12.5. The molecule has 1 aliphatic heterocycles. The van der Waals surface area contributed by atoms with Crippen molar-refractivity contribution in [1.29, 1.82) is 0 Å². The van der Waals surface area contributed by atoms with Gasteiger partial charge in [-0.25, -0.2) is 4.68 Å². The number of rotatable bonds is 7. The Labute approximate surface area is 163 Å². The molecule has 0 bridgehead atoms. The van der Waals surface area contributed by atoms with Crippen molar-refractivity contribution in [3.8, 4) is 0 Å². The molecule has 0 spiro atoms. The van der Waals surface area contributed by atoms with Crippen LogP contribution in [0, 0.1) is 5.92 Å². The number of morpholine rings is 1. The Hall–Kier alpha value is -2.45. The number of benzene rings is 1. The molecule has 0 aliphatic carbocycles. The topological polar surface area (TPSA) is 96.4 Å². The largest absolute Gasteiger partial charge is 0.374 e. The van der Waals surface area contributed by atoms with Crippen molar-refractivity contribution < 1.29 is 9.53 Å². The van der Waals surface area contributed by atoms with E-state index in [1.54, 1.807) is 24.3 Å². The van der Waals surface area contributed by atoms with E-state index >= 15 is 0 Å².